The molecule has 2 N–H and O–H groups in total. The summed E-state index contributed by atoms with van der Waals surface area (Å²) in [5.41, 5.74) is 3.31. The van der Waals surface area contributed by atoms with Crippen LogP contribution in [0.15, 0.2) is 17.7 Å². The second-order valence-corrected chi connectivity index (χ2v) is 14.3. The maximum atomic E-state index is 15.5. The molecular weight excluding hydrogens is 757 g/mol. The van der Waals surface area contributed by atoms with Gasteiger partial charge in [0, 0.05) is 49.8 Å². The highest BCUT2D eigenvalue weighted by molar-refractivity contribution is 6.34. The van der Waals surface area contributed by atoms with Crippen molar-refractivity contribution in [3.05, 3.63) is 67.4 Å². The van der Waals surface area contributed by atoms with Gasteiger partial charge in [0.05, 0.1) is 64.6 Å². The van der Waals surface area contributed by atoms with E-state index in [1.807, 2.05) is 9.80 Å². The number of nitrogens with zero attached hydrogens (tertiary/aromatic N) is 7. The predicted octanol–water partition coefficient (Wildman–Crippen LogP) is 6.35. The Morgan fingerprint density at radius 2 is 1.94 bits per heavy atom. The average molecular weight is 792 g/mol. The molecule has 7 rings (SSSR count). The van der Waals surface area contributed by atoms with Crippen LogP contribution in [0.5, 0.6) is 6.01 Å². The number of nitrogen functional groups attached to an aromatic ring is 1. The van der Waals surface area contributed by atoms with Gasteiger partial charge in [0.15, 0.2) is 11.5 Å². The maximum absolute atomic E-state index is 15.5. The van der Waals surface area contributed by atoms with Gasteiger partial charge in [-0.05, 0) is 38.3 Å². The van der Waals surface area contributed by atoms with Crippen LogP contribution in [0.2, 0.25) is 10.0 Å². The molecule has 0 spiro atoms. The molecule has 53 heavy (non-hydrogen) atoms. The number of fused-ring (bicyclic) bond motifs is 3. The van der Waals surface area contributed by atoms with Crippen molar-refractivity contribution in [2.75, 3.05) is 51.0 Å². The summed E-state index contributed by atoms with van der Waals surface area (Å²) in [4.78, 5) is 31.0. The number of aromatic nitrogens is 4. The highest BCUT2D eigenvalue weighted by Gasteiger charge is 2.49. The van der Waals surface area contributed by atoms with Gasteiger partial charge in [-0.15, -0.1) is 0 Å². The standard InChI is InChI=1S/C33H34Cl2F6N8O4/c1-46(51-2)30(50)27-25(35)21-13-47(6-4-8-49(21)45-27)29-17-14-52-22(23-24(33(39,40)41)18(34)9-19(42)26(23)36)10-20(17)43-31(44-29)53-15-32-5-3-7-48(32)12-16(11-32)28(37)38/h9,22H,3-8,10-15,42H2,1-2H3/t22?,32-/m0/s1. The van der Waals surface area contributed by atoms with E-state index < -0.39 is 57.5 Å². The SMILES string of the molecule is CON(C)C(=O)c1nn2c(c1Cl)CN(c1nc(OC[C@@]34CCCN3CC(=C(F)F)C4)nc3c1COC(c1c(F)c(N)cc(Cl)c1C(F)(F)F)C3)CCC2. The van der Waals surface area contributed by atoms with Crippen LogP contribution >= 0.6 is 23.2 Å². The van der Waals surface area contributed by atoms with Gasteiger partial charge in [-0.1, -0.05) is 23.2 Å². The second-order valence-electron chi connectivity index (χ2n) is 13.5. The summed E-state index contributed by atoms with van der Waals surface area (Å²) in [6.07, 6.45) is -6.60. The summed E-state index contributed by atoms with van der Waals surface area (Å²) in [7, 11) is 2.74. The minimum atomic E-state index is -5.04. The molecular formula is C33H34Cl2F6N8O4. The minimum Gasteiger partial charge on any atom is -0.461 e. The first-order valence-corrected chi connectivity index (χ1v) is 17.5. The lowest BCUT2D eigenvalue weighted by Crippen LogP contribution is -2.43. The molecule has 1 unspecified atom stereocenters. The molecule has 2 atom stereocenters. The molecule has 286 valence electrons. The molecule has 0 saturated carbocycles. The number of rotatable bonds is 7. The smallest absolute Gasteiger partial charge is 0.418 e. The number of alkyl halides is 3. The number of carbonyl (C=O) groups is 1. The van der Waals surface area contributed by atoms with Gasteiger partial charge >= 0.3 is 12.2 Å². The van der Waals surface area contributed by atoms with Crippen LogP contribution in [-0.4, -0.2) is 81.6 Å². The van der Waals surface area contributed by atoms with Crippen LogP contribution in [0.1, 0.15) is 70.4 Å². The number of benzene rings is 1. The Labute approximate surface area is 309 Å². The van der Waals surface area contributed by atoms with E-state index in [1.54, 1.807) is 4.68 Å². The Hall–Kier alpha value is -3.84. The molecule has 2 fully saturated rings. The fraction of sp³-hybridized carbons (Fsp3) is 0.515. The van der Waals surface area contributed by atoms with Crippen molar-refractivity contribution in [3.63, 3.8) is 0 Å². The number of halogens is 8. The molecule has 20 heteroatoms. The molecule has 6 heterocycles. The van der Waals surface area contributed by atoms with Crippen LogP contribution in [0.3, 0.4) is 0 Å². The summed E-state index contributed by atoms with van der Waals surface area (Å²) in [5, 5.41) is 4.73. The predicted molar refractivity (Wildman–Crippen MR) is 179 cm³/mol. The molecule has 2 saturated heterocycles. The quantitative estimate of drug-likeness (QED) is 0.165. The Balaban J connectivity index is 1.28. The summed E-state index contributed by atoms with van der Waals surface area (Å²) in [6, 6.07) is 0.556. The van der Waals surface area contributed by atoms with Gasteiger partial charge in [-0.3, -0.25) is 19.2 Å². The van der Waals surface area contributed by atoms with Gasteiger partial charge in [0.1, 0.15) is 12.4 Å². The normalized spacial score (nSPS) is 21.7. The Morgan fingerprint density at radius 3 is 2.66 bits per heavy atom. The van der Waals surface area contributed by atoms with Gasteiger partial charge < -0.3 is 20.1 Å². The first-order valence-electron chi connectivity index (χ1n) is 16.7. The third-order valence-electron chi connectivity index (χ3n) is 10.3. The largest absolute Gasteiger partial charge is 0.461 e. The molecule has 4 aliphatic heterocycles. The Morgan fingerprint density at radius 1 is 1.17 bits per heavy atom. The Bertz CT molecular complexity index is 1990. The van der Waals surface area contributed by atoms with Crippen LogP contribution < -0.4 is 15.4 Å². The fourth-order valence-electron chi connectivity index (χ4n) is 7.69. The molecule has 0 radical (unpaired) electrons. The van der Waals surface area contributed by atoms with E-state index in [0.29, 0.717) is 55.6 Å². The molecule has 12 nitrogen and oxygen atoms in total. The maximum Gasteiger partial charge on any atom is 0.418 e. The number of aryl methyl sites for hydroxylation is 1. The number of carbonyl (C=O) groups excluding carboxylic acids is 1. The first-order chi connectivity index (χ1) is 25.1. The van der Waals surface area contributed by atoms with E-state index in [2.05, 4.69) is 10.1 Å². The van der Waals surface area contributed by atoms with E-state index in [0.717, 1.165) is 11.5 Å². The van der Waals surface area contributed by atoms with Crippen molar-refractivity contribution in [2.45, 2.75) is 69.6 Å². The lowest BCUT2D eigenvalue weighted by atomic mass is 9.93. The molecule has 1 amide bonds. The number of ether oxygens (including phenoxy) is 2. The van der Waals surface area contributed by atoms with Crippen LogP contribution in [0, 0.1) is 5.82 Å². The van der Waals surface area contributed by atoms with Crippen LogP contribution in [-0.2, 0) is 41.9 Å². The molecule has 3 aromatic rings. The number of anilines is 2. The van der Waals surface area contributed by atoms with Crippen molar-refractivity contribution in [3.8, 4) is 6.01 Å². The molecule has 1 aromatic carbocycles. The van der Waals surface area contributed by atoms with Crippen molar-refractivity contribution in [1.29, 1.82) is 0 Å². The summed E-state index contributed by atoms with van der Waals surface area (Å²) >= 11 is 12.7. The van der Waals surface area contributed by atoms with E-state index in [-0.39, 0.29) is 67.1 Å². The lowest BCUT2D eigenvalue weighted by Gasteiger charge is -2.33. The highest BCUT2D eigenvalue weighted by atomic mass is 35.5. The molecule has 0 bridgehead atoms. The number of hydrogen-bond acceptors (Lipinski definition) is 10. The zero-order valence-corrected chi connectivity index (χ0v) is 30.0. The zero-order valence-electron chi connectivity index (χ0n) is 28.5. The number of hydroxylamine groups is 2. The number of nitrogens with two attached hydrogens (primary N) is 1. The van der Waals surface area contributed by atoms with Crippen molar-refractivity contribution in [1.82, 2.24) is 29.7 Å². The number of hydrogen-bond donors (Lipinski definition) is 1. The van der Waals surface area contributed by atoms with Gasteiger partial charge in [-0.25, -0.2) is 9.45 Å². The topological polar surface area (TPSA) is 124 Å². The van der Waals surface area contributed by atoms with Crippen molar-refractivity contribution >= 4 is 40.6 Å². The molecule has 2 aromatic heterocycles. The zero-order chi connectivity index (χ0) is 38.0. The van der Waals surface area contributed by atoms with Crippen LogP contribution in [0.4, 0.5) is 37.8 Å². The van der Waals surface area contributed by atoms with Crippen molar-refractivity contribution in [2.24, 2.45) is 0 Å². The van der Waals surface area contributed by atoms with E-state index >= 15 is 4.39 Å². The fourth-order valence-corrected chi connectivity index (χ4v) is 8.30. The van der Waals surface area contributed by atoms with E-state index in [9.17, 15) is 26.7 Å². The highest BCUT2D eigenvalue weighted by Crippen LogP contribution is 2.47. The van der Waals surface area contributed by atoms with E-state index in [1.165, 1.54) is 14.2 Å². The first kappa shape index (κ1) is 37.5. The summed E-state index contributed by atoms with van der Waals surface area (Å²) < 4.78 is 99.4. The van der Waals surface area contributed by atoms with Crippen molar-refractivity contribution < 1.29 is 45.4 Å². The summed E-state index contributed by atoms with van der Waals surface area (Å²) in [6.45, 7) is 1.25. The van der Waals surface area contributed by atoms with Gasteiger partial charge in [0.25, 0.3) is 12.0 Å². The number of amides is 1. The lowest BCUT2D eigenvalue weighted by molar-refractivity contribution is -0.140. The molecule has 4 aliphatic rings. The average Bonchev–Trinajstić information content (AvgIpc) is 3.71. The third-order valence-corrected chi connectivity index (χ3v) is 11.0. The van der Waals surface area contributed by atoms with Gasteiger partial charge in [-0.2, -0.15) is 37.0 Å². The van der Waals surface area contributed by atoms with Crippen LogP contribution in [0.25, 0.3) is 0 Å². The molecule has 0 aliphatic carbocycles. The monoisotopic (exact) mass is 790 g/mol. The van der Waals surface area contributed by atoms with E-state index in [4.69, 9.17) is 48.2 Å². The minimum absolute atomic E-state index is 0.0221. The Kier molecular flexibility index (Phi) is 9.97. The third kappa shape index (κ3) is 6.77. The summed E-state index contributed by atoms with van der Waals surface area (Å²) in [5.74, 6) is -1.57. The van der Waals surface area contributed by atoms with Gasteiger partial charge in [0.2, 0.25) is 0 Å². The second kappa shape index (κ2) is 14.1.